The second kappa shape index (κ2) is 4.36. The molecular weight excluding hydrogens is 212 g/mol. The Labute approximate surface area is 92.5 Å². The third kappa shape index (κ3) is 2.30. The van der Waals surface area contributed by atoms with E-state index in [2.05, 4.69) is 4.98 Å². The van der Waals surface area contributed by atoms with Crippen molar-refractivity contribution in [1.29, 1.82) is 0 Å². The van der Waals surface area contributed by atoms with Crippen molar-refractivity contribution in [3.05, 3.63) is 29.8 Å². The summed E-state index contributed by atoms with van der Waals surface area (Å²) in [4.78, 5) is 4.05. The number of hydrogen-bond donors (Lipinski definition) is 1. The van der Waals surface area contributed by atoms with Crippen LogP contribution in [0.25, 0.3) is 17.2 Å². The highest BCUT2D eigenvalue weighted by Gasteiger charge is 2.01. The van der Waals surface area contributed by atoms with Gasteiger partial charge in [-0.15, -0.1) is 11.6 Å². The van der Waals surface area contributed by atoms with Gasteiger partial charge in [0.05, 0.1) is 0 Å². The predicted molar refractivity (Wildman–Crippen MR) is 62.8 cm³/mol. The van der Waals surface area contributed by atoms with Crippen LogP contribution < -0.4 is 5.73 Å². The average molecular weight is 223 g/mol. The molecule has 3 nitrogen and oxygen atoms in total. The summed E-state index contributed by atoms with van der Waals surface area (Å²) in [6, 6.07) is 5.95. The largest absolute Gasteiger partial charge is 0.424 e. The fourth-order valence-electron chi connectivity index (χ4n) is 1.35. The number of nitrogens with zero attached hydrogens (tertiary/aromatic N) is 1. The lowest BCUT2D eigenvalue weighted by atomic mass is 10.2. The highest BCUT2D eigenvalue weighted by Crippen LogP contribution is 2.18. The summed E-state index contributed by atoms with van der Waals surface area (Å²) >= 11 is 5.57. The number of nitrogens with two attached hydrogens (primary N) is 1. The zero-order chi connectivity index (χ0) is 10.7. The van der Waals surface area contributed by atoms with E-state index in [1.54, 1.807) is 0 Å². The molecule has 1 heterocycles. The van der Waals surface area contributed by atoms with Crippen LogP contribution in [0.5, 0.6) is 0 Å². The number of rotatable bonds is 3. The van der Waals surface area contributed by atoms with Gasteiger partial charge < -0.3 is 10.2 Å². The van der Waals surface area contributed by atoms with Crippen molar-refractivity contribution in [2.24, 2.45) is 0 Å². The van der Waals surface area contributed by atoms with E-state index in [0.717, 1.165) is 17.5 Å². The number of anilines is 1. The average Bonchev–Trinajstić information content (AvgIpc) is 2.57. The normalized spacial score (nSPS) is 11.5. The quantitative estimate of drug-likeness (QED) is 0.813. The first-order chi connectivity index (χ1) is 7.29. The Balaban J connectivity index is 2.30. The third-order valence-corrected chi connectivity index (χ3v) is 2.23. The number of allylic oxidation sites excluding steroid dienone is 1. The van der Waals surface area contributed by atoms with E-state index in [9.17, 15) is 0 Å². The molecular formula is C11H11ClN2O. The summed E-state index contributed by atoms with van der Waals surface area (Å²) in [7, 11) is 0. The molecule has 0 bridgehead atoms. The summed E-state index contributed by atoms with van der Waals surface area (Å²) in [6.45, 7) is 0. The molecule has 0 unspecified atom stereocenters. The highest BCUT2D eigenvalue weighted by molar-refractivity contribution is 6.17. The molecule has 2 N–H and O–H groups in total. The Morgan fingerprint density at radius 1 is 1.47 bits per heavy atom. The summed E-state index contributed by atoms with van der Waals surface area (Å²) < 4.78 is 5.17. The molecule has 0 aliphatic heterocycles. The van der Waals surface area contributed by atoms with E-state index in [-0.39, 0.29) is 6.01 Å². The van der Waals surface area contributed by atoms with E-state index in [4.69, 9.17) is 21.8 Å². The first kappa shape index (κ1) is 10.1. The Morgan fingerprint density at radius 3 is 3.13 bits per heavy atom. The van der Waals surface area contributed by atoms with Gasteiger partial charge in [-0.1, -0.05) is 18.2 Å². The number of benzene rings is 1. The van der Waals surface area contributed by atoms with Gasteiger partial charge >= 0.3 is 0 Å². The van der Waals surface area contributed by atoms with Crippen molar-refractivity contribution in [2.45, 2.75) is 6.42 Å². The molecule has 4 heteroatoms. The van der Waals surface area contributed by atoms with Gasteiger partial charge in [0.25, 0.3) is 6.01 Å². The van der Waals surface area contributed by atoms with E-state index < -0.39 is 0 Å². The van der Waals surface area contributed by atoms with Crippen LogP contribution in [0.3, 0.4) is 0 Å². The Morgan fingerprint density at radius 2 is 2.33 bits per heavy atom. The maximum atomic E-state index is 5.57. The van der Waals surface area contributed by atoms with Crippen molar-refractivity contribution < 1.29 is 4.42 Å². The molecule has 2 aromatic rings. The topological polar surface area (TPSA) is 52.0 Å². The number of halogens is 1. The molecule has 0 spiro atoms. The number of hydrogen-bond acceptors (Lipinski definition) is 3. The van der Waals surface area contributed by atoms with Gasteiger partial charge in [-0.25, -0.2) is 0 Å². The van der Waals surface area contributed by atoms with Gasteiger partial charge in [0.15, 0.2) is 5.58 Å². The molecule has 0 fully saturated rings. The van der Waals surface area contributed by atoms with Gasteiger partial charge in [0, 0.05) is 5.88 Å². The van der Waals surface area contributed by atoms with E-state index in [1.807, 2.05) is 30.4 Å². The number of fused-ring (bicyclic) bond motifs is 1. The minimum absolute atomic E-state index is 0.201. The SMILES string of the molecule is Nc1nc2cc(C=CCCCl)ccc2o1. The zero-order valence-electron chi connectivity index (χ0n) is 8.11. The van der Waals surface area contributed by atoms with Crippen molar-refractivity contribution >= 4 is 34.8 Å². The van der Waals surface area contributed by atoms with Crippen molar-refractivity contribution in [3.63, 3.8) is 0 Å². The minimum Gasteiger partial charge on any atom is -0.424 e. The first-order valence-electron chi connectivity index (χ1n) is 4.68. The van der Waals surface area contributed by atoms with Crippen LogP contribution in [-0.2, 0) is 0 Å². The molecule has 1 aromatic carbocycles. The Kier molecular flexibility index (Phi) is 2.92. The van der Waals surface area contributed by atoms with Crippen LogP contribution >= 0.6 is 11.6 Å². The number of oxazole rings is 1. The molecule has 0 atom stereocenters. The molecule has 0 saturated carbocycles. The van der Waals surface area contributed by atoms with E-state index >= 15 is 0 Å². The summed E-state index contributed by atoms with van der Waals surface area (Å²) in [5.41, 5.74) is 8.01. The number of aromatic nitrogens is 1. The standard InChI is InChI=1S/C11H11ClN2O/c12-6-2-1-3-8-4-5-10-9(7-8)14-11(13)15-10/h1,3-5,7H,2,6H2,(H2,13,14). The smallest absolute Gasteiger partial charge is 0.292 e. The molecule has 15 heavy (non-hydrogen) atoms. The van der Waals surface area contributed by atoms with Gasteiger partial charge in [0.1, 0.15) is 5.52 Å². The van der Waals surface area contributed by atoms with Gasteiger partial charge in [-0.2, -0.15) is 4.98 Å². The maximum absolute atomic E-state index is 5.57. The molecule has 0 aliphatic carbocycles. The van der Waals surface area contributed by atoms with Crippen molar-refractivity contribution in [1.82, 2.24) is 4.98 Å². The second-order valence-corrected chi connectivity index (χ2v) is 3.54. The molecule has 1 aromatic heterocycles. The van der Waals surface area contributed by atoms with Crippen molar-refractivity contribution in [3.8, 4) is 0 Å². The molecule has 0 radical (unpaired) electrons. The van der Waals surface area contributed by atoms with Crippen LogP contribution in [0.4, 0.5) is 6.01 Å². The van der Waals surface area contributed by atoms with Crippen LogP contribution in [0.2, 0.25) is 0 Å². The van der Waals surface area contributed by atoms with Gasteiger partial charge in [0.2, 0.25) is 0 Å². The fraction of sp³-hybridized carbons (Fsp3) is 0.182. The lowest BCUT2D eigenvalue weighted by Crippen LogP contribution is -1.80. The predicted octanol–water partition coefficient (Wildman–Crippen LogP) is 3.05. The van der Waals surface area contributed by atoms with Crippen LogP contribution in [0, 0.1) is 0 Å². The number of nitrogen functional groups attached to an aromatic ring is 1. The minimum atomic E-state index is 0.201. The lowest BCUT2D eigenvalue weighted by molar-refractivity contribution is 0.626. The molecule has 0 aliphatic rings. The van der Waals surface area contributed by atoms with Gasteiger partial charge in [-0.05, 0) is 24.1 Å². The van der Waals surface area contributed by atoms with Crippen LogP contribution in [0.15, 0.2) is 28.7 Å². The number of alkyl halides is 1. The van der Waals surface area contributed by atoms with Crippen LogP contribution in [0.1, 0.15) is 12.0 Å². The summed E-state index contributed by atoms with van der Waals surface area (Å²) in [6.07, 6.45) is 4.89. The second-order valence-electron chi connectivity index (χ2n) is 3.16. The van der Waals surface area contributed by atoms with Crippen molar-refractivity contribution in [2.75, 3.05) is 11.6 Å². The fourth-order valence-corrected chi connectivity index (χ4v) is 1.47. The molecule has 2 rings (SSSR count). The van der Waals surface area contributed by atoms with Crippen LogP contribution in [-0.4, -0.2) is 10.9 Å². The molecule has 0 amide bonds. The Bertz CT molecular complexity index is 490. The third-order valence-electron chi connectivity index (χ3n) is 2.01. The van der Waals surface area contributed by atoms with E-state index in [0.29, 0.717) is 11.5 Å². The van der Waals surface area contributed by atoms with Gasteiger partial charge in [-0.3, -0.25) is 0 Å². The highest BCUT2D eigenvalue weighted by atomic mass is 35.5. The molecule has 78 valence electrons. The first-order valence-corrected chi connectivity index (χ1v) is 5.21. The Hall–Kier alpha value is -1.48. The monoisotopic (exact) mass is 222 g/mol. The zero-order valence-corrected chi connectivity index (χ0v) is 8.87. The maximum Gasteiger partial charge on any atom is 0.292 e. The van der Waals surface area contributed by atoms with E-state index in [1.165, 1.54) is 0 Å². The summed E-state index contributed by atoms with van der Waals surface area (Å²) in [5.74, 6) is 0.635. The lowest BCUT2D eigenvalue weighted by Gasteiger charge is -1.91. The summed E-state index contributed by atoms with van der Waals surface area (Å²) in [5, 5.41) is 0. The molecule has 0 saturated heterocycles.